The normalized spacial score (nSPS) is 10.7. The molecule has 0 aliphatic heterocycles. The lowest BCUT2D eigenvalue weighted by molar-refractivity contribution is 0.0723. The second-order valence-corrected chi connectivity index (χ2v) is 11.5. The fraction of sp³-hybridized carbons (Fsp3) is 0. The number of ether oxygens (including phenoxy) is 2. The van der Waals surface area contributed by atoms with E-state index in [1.165, 1.54) is 0 Å². The van der Waals surface area contributed by atoms with Gasteiger partial charge in [0, 0.05) is 17.9 Å². The van der Waals surface area contributed by atoms with Crippen molar-refractivity contribution < 1.29 is 19.1 Å². The highest BCUT2D eigenvalue weighted by Gasteiger charge is 2.22. The molecule has 4 nitrogen and oxygen atoms in total. The zero-order valence-corrected chi connectivity index (χ0v) is 25.7. The predicted molar refractivity (Wildman–Crippen MR) is 155 cm³/mol. The van der Waals surface area contributed by atoms with Crippen LogP contribution in [0.15, 0.2) is 90.7 Å². The third-order valence-electron chi connectivity index (χ3n) is 4.90. The molecule has 0 spiro atoms. The molecule has 36 heavy (non-hydrogen) atoms. The number of carbonyl (C=O) groups is 2. The van der Waals surface area contributed by atoms with Crippen LogP contribution in [0.3, 0.4) is 0 Å². The Kier molecular flexibility index (Phi) is 8.96. The van der Waals surface area contributed by atoms with Crippen molar-refractivity contribution in [3.63, 3.8) is 0 Å². The van der Waals surface area contributed by atoms with Crippen LogP contribution in [-0.4, -0.2) is 11.9 Å². The van der Waals surface area contributed by atoms with E-state index in [2.05, 4.69) is 63.7 Å². The van der Waals surface area contributed by atoms with Crippen molar-refractivity contribution in [2.45, 2.75) is 0 Å². The molecule has 0 saturated heterocycles. The second-order valence-electron chi connectivity index (χ2n) is 7.27. The van der Waals surface area contributed by atoms with E-state index in [9.17, 15) is 9.59 Å². The largest absolute Gasteiger partial charge is 0.421 e. The molecule has 0 amide bonds. The van der Waals surface area contributed by atoms with Gasteiger partial charge in [-0.15, -0.1) is 0 Å². The summed E-state index contributed by atoms with van der Waals surface area (Å²) in [6, 6.07) is 20.6. The Morgan fingerprint density at radius 2 is 0.861 bits per heavy atom. The smallest absolute Gasteiger partial charge is 0.345 e. The van der Waals surface area contributed by atoms with Gasteiger partial charge in [0.05, 0.1) is 21.2 Å². The number of halogens is 6. The third kappa shape index (κ3) is 6.06. The molecule has 0 N–H and O–H groups in total. The van der Waals surface area contributed by atoms with Crippen LogP contribution >= 0.6 is 86.9 Å². The number of hydrogen-bond donors (Lipinski definition) is 0. The molecule has 0 aliphatic carbocycles. The van der Waals surface area contributed by atoms with Crippen LogP contribution in [0.1, 0.15) is 20.7 Å². The number of benzene rings is 4. The van der Waals surface area contributed by atoms with Crippen LogP contribution in [0.4, 0.5) is 0 Å². The van der Waals surface area contributed by atoms with Crippen LogP contribution in [0.25, 0.3) is 11.1 Å². The van der Waals surface area contributed by atoms with Crippen molar-refractivity contribution in [3.05, 3.63) is 112 Å². The molecule has 0 aromatic heterocycles. The highest BCUT2D eigenvalue weighted by atomic mass is 79.9. The Balaban J connectivity index is 1.63. The molecule has 0 bridgehead atoms. The molecule has 10 heteroatoms. The van der Waals surface area contributed by atoms with Crippen molar-refractivity contribution in [1.29, 1.82) is 0 Å². The minimum atomic E-state index is -0.576. The molecule has 0 saturated carbocycles. The third-order valence-corrected chi connectivity index (χ3v) is 8.03. The molecule has 0 aliphatic rings. The van der Waals surface area contributed by atoms with E-state index in [1.54, 1.807) is 72.8 Å². The Morgan fingerprint density at radius 3 is 1.17 bits per heavy atom. The Hall–Kier alpha value is -1.68. The highest BCUT2D eigenvalue weighted by molar-refractivity contribution is 9.11. The first kappa shape index (κ1) is 27.4. The summed E-state index contributed by atoms with van der Waals surface area (Å²) in [5.41, 5.74) is 2.15. The van der Waals surface area contributed by atoms with Crippen LogP contribution < -0.4 is 9.47 Å². The monoisotopic (exact) mass is 774 g/mol. The van der Waals surface area contributed by atoms with Gasteiger partial charge in [0.1, 0.15) is 11.5 Å². The van der Waals surface area contributed by atoms with E-state index in [4.69, 9.17) is 32.7 Å². The first-order chi connectivity index (χ1) is 17.2. The fourth-order valence-electron chi connectivity index (χ4n) is 3.23. The number of rotatable bonds is 5. The summed E-state index contributed by atoms with van der Waals surface area (Å²) in [4.78, 5) is 25.7. The Labute approximate surface area is 250 Å². The molecule has 182 valence electrons. The van der Waals surface area contributed by atoms with Gasteiger partial charge in [0.2, 0.25) is 0 Å². The quantitative estimate of drug-likeness (QED) is 0.150. The van der Waals surface area contributed by atoms with Crippen LogP contribution in [0.5, 0.6) is 11.5 Å². The lowest BCUT2D eigenvalue weighted by atomic mass is 10.0. The van der Waals surface area contributed by atoms with Gasteiger partial charge in [-0.3, -0.25) is 0 Å². The number of carbonyl (C=O) groups excluding carboxylic acids is 2. The van der Waals surface area contributed by atoms with Gasteiger partial charge in [0.25, 0.3) is 0 Å². The van der Waals surface area contributed by atoms with Gasteiger partial charge in [-0.25, -0.2) is 9.59 Å². The van der Waals surface area contributed by atoms with Crippen molar-refractivity contribution in [3.8, 4) is 22.6 Å². The minimum Gasteiger partial charge on any atom is -0.421 e. The van der Waals surface area contributed by atoms with Crippen LogP contribution in [0.2, 0.25) is 10.0 Å². The lowest BCUT2D eigenvalue weighted by Crippen LogP contribution is -2.11. The average molecular weight is 779 g/mol. The maximum atomic E-state index is 12.8. The summed E-state index contributed by atoms with van der Waals surface area (Å²) in [5, 5.41) is 0.662. The predicted octanol–water partition coefficient (Wildman–Crippen LogP) is 10.1. The second kappa shape index (κ2) is 11.8. The van der Waals surface area contributed by atoms with Gasteiger partial charge in [-0.1, -0.05) is 47.5 Å². The Bertz CT molecular complexity index is 1350. The lowest BCUT2D eigenvalue weighted by Gasteiger charge is -2.14. The molecule has 4 aromatic carbocycles. The van der Waals surface area contributed by atoms with E-state index in [0.717, 1.165) is 11.1 Å². The van der Waals surface area contributed by atoms with Gasteiger partial charge in [-0.2, -0.15) is 0 Å². The van der Waals surface area contributed by atoms with E-state index in [0.29, 0.717) is 39.1 Å². The molecule has 4 aromatic rings. The zero-order valence-electron chi connectivity index (χ0n) is 17.8. The van der Waals surface area contributed by atoms with E-state index < -0.39 is 11.9 Å². The van der Waals surface area contributed by atoms with Gasteiger partial charge in [0.15, 0.2) is 0 Å². The first-order valence-corrected chi connectivity index (χ1v) is 14.0. The standard InChI is InChI=1S/C26H12Br4Cl2O4/c27-15-9-13(10-16(28)23(15)25(33)35-21-7-3-1-5-19(21)31)14-11-17(29)24(18(30)12-14)26(34)36-22-8-4-2-6-20(22)32/h1-12H. The molecule has 4 rings (SSSR count). The summed E-state index contributed by atoms with van der Waals surface area (Å²) in [7, 11) is 0. The Morgan fingerprint density at radius 1 is 0.556 bits per heavy atom. The summed E-state index contributed by atoms with van der Waals surface area (Å²) in [5.74, 6) is -0.625. The van der Waals surface area contributed by atoms with Gasteiger partial charge >= 0.3 is 11.9 Å². The summed E-state index contributed by atoms with van der Waals surface area (Å²) in [6.45, 7) is 0. The molecule has 0 atom stereocenters. The maximum Gasteiger partial charge on any atom is 0.345 e. The van der Waals surface area contributed by atoms with E-state index in [1.807, 2.05) is 0 Å². The molecular weight excluding hydrogens is 767 g/mol. The van der Waals surface area contributed by atoms with Crippen LogP contribution in [0, 0.1) is 0 Å². The minimum absolute atomic E-state index is 0.263. The number of esters is 2. The number of hydrogen-bond acceptors (Lipinski definition) is 4. The molecule has 0 heterocycles. The van der Waals surface area contributed by atoms with Gasteiger partial charge < -0.3 is 9.47 Å². The molecular formula is C26H12Br4Cl2O4. The summed E-state index contributed by atoms with van der Waals surface area (Å²) >= 11 is 26.1. The maximum absolute atomic E-state index is 12.8. The van der Waals surface area contributed by atoms with Crippen molar-refractivity contribution in [2.75, 3.05) is 0 Å². The molecule has 0 unspecified atom stereocenters. The first-order valence-electron chi connectivity index (χ1n) is 10.1. The van der Waals surface area contributed by atoms with Crippen molar-refractivity contribution >= 4 is 98.9 Å². The molecule has 0 radical (unpaired) electrons. The summed E-state index contributed by atoms with van der Waals surface area (Å²) < 4.78 is 13.0. The zero-order chi connectivity index (χ0) is 26.0. The summed E-state index contributed by atoms with van der Waals surface area (Å²) in [6.07, 6.45) is 0. The average Bonchev–Trinajstić information content (AvgIpc) is 2.81. The van der Waals surface area contributed by atoms with Crippen molar-refractivity contribution in [2.24, 2.45) is 0 Å². The number of para-hydroxylation sites is 2. The van der Waals surface area contributed by atoms with Gasteiger partial charge in [-0.05, 0) is 123 Å². The van der Waals surface area contributed by atoms with E-state index in [-0.39, 0.29) is 11.5 Å². The topological polar surface area (TPSA) is 52.6 Å². The van der Waals surface area contributed by atoms with Crippen molar-refractivity contribution in [1.82, 2.24) is 0 Å². The van der Waals surface area contributed by atoms with E-state index >= 15 is 0 Å². The van der Waals surface area contributed by atoms with Crippen LogP contribution in [-0.2, 0) is 0 Å². The SMILES string of the molecule is O=C(Oc1ccccc1Cl)c1c(Br)cc(-c2cc(Br)c(C(=O)Oc3ccccc3Cl)c(Br)c2)cc1Br. The molecule has 0 fully saturated rings. The highest BCUT2D eigenvalue weighted by Crippen LogP contribution is 2.38. The fourth-order valence-corrected chi connectivity index (χ4v) is 6.60.